The van der Waals surface area contributed by atoms with E-state index in [4.69, 9.17) is 4.74 Å². The molecule has 0 saturated carbocycles. The molecule has 1 aliphatic rings. The van der Waals surface area contributed by atoms with Gasteiger partial charge in [-0.2, -0.15) is 31.4 Å². The smallest absolute Gasteiger partial charge is 0.433 e. The maximum Gasteiger partial charge on any atom is 0.433 e. The highest BCUT2D eigenvalue weighted by Crippen LogP contribution is 2.46. The molecule has 3 aromatic rings. The monoisotopic (exact) mass is 485 g/mol. The zero-order chi connectivity index (χ0) is 24.8. The van der Waals surface area contributed by atoms with Crippen LogP contribution in [0.2, 0.25) is 0 Å². The lowest BCUT2D eigenvalue weighted by Gasteiger charge is -2.20. The molecule has 3 heterocycles. The summed E-state index contributed by atoms with van der Waals surface area (Å²) in [6, 6.07) is 5.45. The number of benzene rings is 1. The molecule has 2 aromatic heterocycles. The number of carbonyl (C=O) groups is 2. The summed E-state index contributed by atoms with van der Waals surface area (Å²) < 4.78 is 87.0. The van der Waals surface area contributed by atoms with Crippen LogP contribution >= 0.6 is 0 Å². The van der Waals surface area contributed by atoms with Gasteiger partial charge in [-0.15, -0.1) is 0 Å². The van der Waals surface area contributed by atoms with Gasteiger partial charge >= 0.3 is 12.4 Å². The average Bonchev–Trinajstić information content (AvgIpc) is 3.08. The van der Waals surface area contributed by atoms with Crippen LogP contribution in [-0.2, 0) is 24.2 Å². The van der Waals surface area contributed by atoms with E-state index in [9.17, 15) is 35.9 Å². The van der Waals surface area contributed by atoms with Gasteiger partial charge in [0.25, 0.3) is 11.8 Å². The summed E-state index contributed by atoms with van der Waals surface area (Å²) in [5.41, 5.74) is -3.86. The number of ether oxygens (including phenoxy) is 1. The van der Waals surface area contributed by atoms with Gasteiger partial charge in [-0.3, -0.25) is 19.3 Å². The number of hydrogen-bond donors (Lipinski definition) is 2. The number of amides is 2. The predicted octanol–water partition coefficient (Wildman–Crippen LogP) is 4.10. The van der Waals surface area contributed by atoms with E-state index < -0.39 is 59.1 Å². The van der Waals surface area contributed by atoms with Gasteiger partial charge in [-0.1, -0.05) is 6.07 Å². The molecule has 0 fully saturated rings. The van der Waals surface area contributed by atoms with Crippen molar-refractivity contribution in [2.24, 2.45) is 7.05 Å². The molecule has 14 heteroatoms. The second-order valence-electron chi connectivity index (χ2n) is 7.09. The van der Waals surface area contributed by atoms with Crippen LogP contribution in [0.15, 0.2) is 36.5 Å². The molecular formula is C20H13F6N5O3. The van der Waals surface area contributed by atoms with Gasteiger partial charge < -0.3 is 15.4 Å². The Hall–Kier alpha value is -4.10. The Morgan fingerprint density at radius 1 is 1.15 bits per heavy atom. The lowest BCUT2D eigenvalue weighted by molar-refractivity contribution is -0.141. The number of fused-ring (bicyclic) bond motifs is 1. The number of para-hydroxylation sites is 1. The third-order valence-corrected chi connectivity index (χ3v) is 4.77. The number of nitrogens with zero attached hydrogens (tertiary/aromatic N) is 3. The fraction of sp³-hybridized carbons (Fsp3) is 0.200. The molecule has 0 unspecified atom stereocenters. The molecule has 1 aliphatic heterocycles. The van der Waals surface area contributed by atoms with E-state index in [1.165, 1.54) is 18.2 Å². The predicted molar refractivity (Wildman–Crippen MR) is 105 cm³/mol. The van der Waals surface area contributed by atoms with Crippen molar-refractivity contribution in [1.82, 2.24) is 14.8 Å². The normalized spacial score (nSPS) is 13.7. The van der Waals surface area contributed by atoms with Gasteiger partial charge in [-0.05, 0) is 24.3 Å². The van der Waals surface area contributed by atoms with Crippen molar-refractivity contribution in [2.75, 3.05) is 17.2 Å². The molecule has 4 rings (SSSR count). The number of alkyl halides is 6. The quantitative estimate of drug-likeness (QED) is 0.545. The number of rotatable bonds is 3. The maximum atomic E-state index is 14.1. The van der Waals surface area contributed by atoms with Crippen molar-refractivity contribution < 1.29 is 40.7 Å². The lowest BCUT2D eigenvalue weighted by Crippen LogP contribution is -2.25. The molecule has 0 aliphatic carbocycles. The van der Waals surface area contributed by atoms with Crippen LogP contribution < -0.4 is 15.4 Å². The first-order valence-electron chi connectivity index (χ1n) is 9.41. The van der Waals surface area contributed by atoms with Crippen LogP contribution in [0.4, 0.5) is 37.8 Å². The molecule has 8 nitrogen and oxygen atoms in total. The summed E-state index contributed by atoms with van der Waals surface area (Å²) in [4.78, 5) is 27.2. The van der Waals surface area contributed by atoms with Gasteiger partial charge in [0.15, 0.2) is 12.4 Å². The number of nitrogens with one attached hydrogen (secondary N) is 2. The zero-order valence-electron chi connectivity index (χ0n) is 17.0. The summed E-state index contributed by atoms with van der Waals surface area (Å²) in [7, 11) is 1.13. The van der Waals surface area contributed by atoms with Gasteiger partial charge in [0.1, 0.15) is 22.8 Å². The van der Waals surface area contributed by atoms with Crippen molar-refractivity contribution >= 4 is 23.3 Å². The Labute approximate surface area is 186 Å². The molecule has 0 radical (unpaired) electrons. The third-order valence-electron chi connectivity index (χ3n) is 4.77. The molecule has 0 saturated heterocycles. The summed E-state index contributed by atoms with van der Waals surface area (Å²) in [5.74, 6) is -2.57. The Kier molecular flexibility index (Phi) is 5.45. The van der Waals surface area contributed by atoms with Crippen molar-refractivity contribution in [3.8, 4) is 17.0 Å². The van der Waals surface area contributed by atoms with E-state index in [2.05, 4.69) is 15.4 Å². The standard InChI is InChI=1S/C20H13F6N5O3/c1-31-17(29-18(33)9-5-6-27-12(7-9)19(21,22)23)14(20(24,25)26)15(30-31)10-3-2-4-11-16(10)34-8-13(32)28-11/h2-7H,8H2,1H3,(H,28,32)(H,29,33). The van der Waals surface area contributed by atoms with Crippen molar-refractivity contribution in [3.05, 3.63) is 53.3 Å². The van der Waals surface area contributed by atoms with E-state index in [-0.39, 0.29) is 17.0 Å². The Morgan fingerprint density at radius 3 is 2.56 bits per heavy atom. The number of halogens is 6. The summed E-state index contributed by atoms with van der Waals surface area (Å²) in [6.07, 6.45) is -9.16. The molecule has 2 amide bonds. The van der Waals surface area contributed by atoms with Crippen LogP contribution in [0.5, 0.6) is 5.75 Å². The first-order valence-corrected chi connectivity index (χ1v) is 9.41. The van der Waals surface area contributed by atoms with Gasteiger partial charge in [0.2, 0.25) is 0 Å². The first-order chi connectivity index (χ1) is 15.9. The minimum Gasteiger partial charge on any atom is -0.481 e. The highest BCUT2D eigenvalue weighted by Gasteiger charge is 2.42. The molecule has 34 heavy (non-hydrogen) atoms. The maximum absolute atomic E-state index is 14.1. The largest absolute Gasteiger partial charge is 0.481 e. The van der Waals surface area contributed by atoms with Gasteiger partial charge in [0.05, 0.1) is 5.69 Å². The zero-order valence-corrected chi connectivity index (χ0v) is 17.0. The van der Waals surface area contributed by atoms with E-state index >= 15 is 0 Å². The van der Waals surface area contributed by atoms with E-state index in [0.29, 0.717) is 6.07 Å². The van der Waals surface area contributed by atoms with Crippen LogP contribution in [0, 0.1) is 0 Å². The minimum absolute atomic E-state index is 0.0486. The first kappa shape index (κ1) is 23.1. The molecule has 0 atom stereocenters. The van der Waals surface area contributed by atoms with Crippen LogP contribution in [-0.4, -0.2) is 33.2 Å². The molecular weight excluding hydrogens is 472 g/mol. The second-order valence-corrected chi connectivity index (χ2v) is 7.09. The topological polar surface area (TPSA) is 98.1 Å². The fourth-order valence-corrected chi connectivity index (χ4v) is 3.33. The molecule has 0 spiro atoms. The number of aromatic nitrogens is 3. The van der Waals surface area contributed by atoms with Crippen LogP contribution in [0.3, 0.4) is 0 Å². The highest BCUT2D eigenvalue weighted by atomic mass is 19.4. The second kappa shape index (κ2) is 8.04. The molecule has 2 N–H and O–H groups in total. The number of anilines is 2. The van der Waals surface area contributed by atoms with Crippen LogP contribution in [0.1, 0.15) is 21.6 Å². The SMILES string of the molecule is Cn1nc(-c2cccc3c2OCC(=O)N3)c(C(F)(F)F)c1NC(=O)c1ccnc(C(F)(F)F)c1. The lowest BCUT2D eigenvalue weighted by atomic mass is 10.0. The van der Waals surface area contributed by atoms with Crippen molar-refractivity contribution in [3.63, 3.8) is 0 Å². The Bertz CT molecular complexity index is 1300. The summed E-state index contributed by atoms with van der Waals surface area (Å²) in [6.45, 7) is -0.425. The highest BCUT2D eigenvalue weighted by molar-refractivity contribution is 6.05. The fourth-order valence-electron chi connectivity index (χ4n) is 3.33. The number of carbonyl (C=O) groups excluding carboxylic acids is 2. The molecule has 0 bridgehead atoms. The number of aryl methyl sites for hydroxylation is 1. The minimum atomic E-state index is -5.03. The van der Waals surface area contributed by atoms with Crippen LogP contribution in [0.25, 0.3) is 11.3 Å². The van der Waals surface area contributed by atoms with Gasteiger partial charge in [-0.25, -0.2) is 0 Å². The van der Waals surface area contributed by atoms with E-state index in [1.807, 2.05) is 5.32 Å². The Morgan fingerprint density at radius 2 is 1.88 bits per heavy atom. The number of pyridine rings is 1. The Balaban J connectivity index is 1.79. The van der Waals surface area contributed by atoms with Crippen molar-refractivity contribution in [1.29, 1.82) is 0 Å². The molecule has 1 aromatic carbocycles. The van der Waals surface area contributed by atoms with E-state index in [1.54, 1.807) is 0 Å². The number of hydrogen-bond acceptors (Lipinski definition) is 5. The third kappa shape index (κ3) is 4.25. The van der Waals surface area contributed by atoms with E-state index in [0.717, 1.165) is 24.0 Å². The van der Waals surface area contributed by atoms with Gasteiger partial charge in [0, 0.05) is 24.4 Å². The summed E-state index contributed by atoms with van der Waals surface area (Å²) in [5, 5.41) is 8.34. The summed E-state index contributed by atoms with van der Waals surface area (Å²) >= 11 is 0. The van der Waals surface area contributed by atoms with Crippen molar-refractivity contribution in [2.45, 2.75) is 12.4 Å². The average molecular weight is 485 g/mol. The molecule has 178 valence electrons.